The highest BCUT2D eigenvalue weighted by atomic mass is 16.5. The van der Waals surface area contributed by atoms with Crippen molar-refractivity contribution in [1.29, 1.82) is 0 Å². The van der Waals surface area contributed by atoms with E-state index in [2.05, 4.69) is 10.3 Å². The first-order chi connectivity index (χ1) is 9.75. The minimum atomic E-state index is -0.657. The van der Waals surface area contributed by atoms with E-state index >= 15 is 0 Å². The predicted molar refractivity (Wildman–Crippen MR) is 74.4 cm³/mol. The molecule has 1 aliphatic heterocycles. The number of nitrogens with one attached hydrogen (secondary N) is 1. The number of para-hydroxylation sites is 1. The molecular weight excluding hydrogens is 256 g/mol. The average Bonchev–Trinajstić information content (AvgIpc) is 2.49. The van der Waals surface area contributed by atoms with Gasteiger partial charge in [0.2, 0.25) is 0 Å². The predicted octanol–water partition coefficient (Wildman–Crippen LogP) is 1.11. The number of carbonyl (C=O) groups is 1. The number of benzene rings is 1. The quantitative estimate of drug-likeness (QED) is 0.859. The zero-order valence-electron chi connectivity index (χ0n) is 11.0. The van der Waals surface area contributed by atoms with E-state index in [4.69, 9.17) is 4.74 Å². The highest BCUT2D eigenvalue weighted by Gasteiger charge is 2.26. The van der Waals surface area contributed by atoms with Crippen molar-refractivity contribution in [3.63, 3.8) is 0 Å². The van der Waals surface area contributed by atoms with Crippen molar-refractivity contribution in [1.82, 2.24) is 10.3 Å². The van der Waals surface area contributed by atoms with Crippen LogP contribution in [0.3, 0.4) is 0 Å². The van der Waals surface area contributed by atoms with Crippen LogP contribution < -0.4 is 5.32 Å². The number of hydrogen-bond donors (Lipinski definition) is 2. The molecule has 0 saturated carbocycles. The van der Waals surface area contributed by atoms with Crippen molar-refractivity contribution in [2.45, 2.75) is 18.6 Å². The second-order valence-electron chi connectivity index (χ2n) is 4.89. The largest absolute Gasteiger partial charge is 0.389 e. The third kappa shape index (κ3) is 2.50. The van der Waals surface area contributed by atoms with Crippen molar-refractivity contribution in [2.24, 2.45) is 0 Å². The van der Waals surface area contributed by atoms with Gasteiger partial charge in [0, 0.05) is 18.2 Å². The smallest absolute Gasteiger partial charge is 0.253 e. The zero-order valence-corrected chi connectivity index (χ0v) is 11.0. The Balaban J connectivity index is 1.85. The number of hydrogen-bond acceptors (Lipinski definition) is 4. The summed E-state index contributed by atoms with van der Waals surface area (Å²) < 4.78 is 5.16. The highest BCUT2D eigenvalue weighted by molar-refractivity contribution is 6.05. The number of amides is 1. The number of aromatic nitrogens is 1. The summed E-state index contributed by atoms with van der Waals surface area (Å²) in [6.07, 6.45) is 1.63. The molecule has 20 heavy (non-hydrogen) atoms. The number of pyridine rings is 1. The van der Waals surface area contributed by atoms with Gasteiger partial charge in [-0.15, -0.1) is 0 Å². The topological polar surface area (TPSA) is 71.5 Å². The molecule has 5 heteroatoms. The molecule has 1 aromatic heterocycles. The summed E-state index contributed by atoms with van der Waals surface area (Å²) in [5, 5.41) is 13.6. The van der Waals surface area contributed by atoms with Gasteiger partial charge in [-0.25, -0.2) is 0 Å². The van der Waals surface area contributed by atoms with Crippen LogP contribution >= 0.6 is 0 Å². The standard InChI is InChI=1S/C15H16N2O3/c18-13-9-20-8-6-12(13)17-15(19)11-5-1-3-10-4-2-7-16-14(10)11/h1-5,7,12-13,18H,6,8-9H2,(H,17,19)/t12-,13-/m1/s1. The molecule has 2 aromatic rings. The third-order valence-electron chi connectivity index (χ3n) is 3.52. The van der Waals surface area contributed by atoms with Crippen LogP contribution in [0.1, 0.15) is 16.8 Å². The van der Waals surface area contributed by atoms with Gasteiger partial charge in [0.25, 0.3) is 5.91 Å². The van der Waals surface area contributed by atoms with Crippen LogP contribution in [0.25, 0.3) is 10.9 Å². The molecule has 0 bridgehead atoms. The van der Waals surface area contributed by atoms with Gasteiger partial charge in [-0.1, -0.05) is 18.2 Å². The average molecular weight is 272 g/mol. The molecule has 1 fully saturated rings. The van der Waals surface area contributed by atoms with E-state index in [0.29, 0.717) is 24.1 Å². The van der Waals surface area contributed by atoms with Gasteiger partial charge in [0.05, 0.1) is 29.8 Å². The van der Waals surface area contributed by atoms with E-state index in [1.54, 1.807) is 12.3 Å². The number of fused-ring (bicyclic) bond motifs is 1. The van der Waals surface area contributed by atoms with Crippen LogP contribution in [-0.4, -0.2) is 41.4 Å². The molecular formula is C15H16N2O3. The molecule has 5 nitrogen and oxygen atoms in total. The summed E-state index contributed by atoms with van der Waals surface area (Å²) in [7, 11) is 0. The Morgan fingerprint density at radius 3 is 3.05 bits per heavy atom. The van der Waals surface area contributed by atoms with Crippen LogP contribution in [0.5, 0.6) is 0 Å². The fraction of sp³-hybridized carbons (Fsp3) is 0.333. The van der Waals surface area contributed by atoms with Gasteiger partial charge < -0.3 is 15.2 Å². The molecule has 0 aliphatic carbocycles. The van der Waals surface area contributed by atoms with Gasteiger partial charge in [-0.3, -0.25) is 9.78 Å². The summed E-state index contributed by atoms with van der Waals surface area (Å²) in [6.45, 7) is 0.814. The maximum atomic E-state index is 12.4. The van der Waals surface area contributed by atoms with Gasteiger partial charge in [0.1, 0.15) is 0 Å². The van der Waals surface area contributed by atoms with E-state index in [1.807, 2.05) is 24.3 Å². The number of aliphatic hydroxyl groups excluding tert-OH is 1. The molecule has 0 unspecified atom stereocenters. The Morgan fingerprint density at radius 2 is 2.20 bits per heavy atom. The number of rotatable bonds is 2. The first-order valence-electron chi connectivity index (χ1n) is 6.66. The summed E-state index contributed by atoms with van der Waals surface area (Å²) in [5.41, 5.74) is 1.20. The summed E-state index contributed by atoms with van der Waals surface area (Å²) in [6, 6.07) is 8.99. The lowest BCUT2D eigenvalue weighted by molar-refractivity contribution is -0.0260. The Bertz CT molecular complexity index is 624. The Hall–Kier alpha value is -1.98. The van der Waals surface area contributed by atoms with Gasteiger partial charge in [-0.2, -0.15) is 0 Å². The second-order valence-corrected chi connectivity index (χ2v) is 4.89. The summed E-state index contributed by atoms with van der Waals surface area (Å²) in [5.74, 6) is -0.208. The van der Waals surface area contributed by atoms with E-state index in [0.717, 1.165) is 5.39 Å². The lowest BCUT2D eigenvalue weighted by Gasteiger charge is -2.28. The molecule has 104 valence electrons. The number of aliphatic hydroxyl groups is 1. The van der Waals surface area contributed by atoms with E-state index in [9.17, 15) is 9.90 Å². The Kier molecular flexibility index (Phi) is 3.62. The molecule has 1 aromatic carbocycles. The molecule has 2 heterocycles. The highest BCUT2D eigenvalue weighted by Crippen LogP contribution is 2.17. The van der Waals surface area contributed by atoms with E-state index < -0.39 is 6.10 Å². The van der Waals surface area contributed by atoms with Gasteiger partial charge in [0.15, 0.2) is 0 Å². The molecule has 0 spiro atoms. The fourth-order valence-corrected chi connectivity index (χ4v) is 2.42. The molecule has 0 radical (unpaired) electrons. The second kappa shape index (κ2) is 5.56. The molecule has 2 N–H and O–H groups in total. The maximum Gasteiger partial charge on any atom is 0.253 e. The van der Waals surface area contributed by atoms with Crippen molar-refractivity contribution in [3.8, 4) is 0 Å². The minimum Gasteiger partial charge on any atom is -0.389 e. The molecule has 3 rings (SSSR count). The number of carbonyl (C=O) groups excluding carboxylic acids is 1. The number of nitrogens with zero attached hydrogens (tertiary/aromatic N) is 1. The number of ether oxygens (including phenoxy) is 1. The fourth-order valence-electron chi connectivity index (χ4n) is 2.42. The zero-order chi connectivity index (χ0) is 13.9. The van der Waals surface area contributed by atoms with E-state index in [1.165, 1.54) is 0 Å². The molecule has 1 aliphatic rings. The van der Waals surface area contributed by atoms with Crippen LogP contribution in [0, 0.1) is 0 Å². The van der Waals surface area contributed by atoms with Crippen LogP contribution in [0.4, 0.5) is 0 Å². The Morgan fingerprint density at radius 1 is 1.35 bits per heavy atom. The van der Waals surface area contributed by atoms with Crippen molar-refractivity contribution in [3.05, 3.63) is 42.1 Å². The van der Waals surface area contributed by atoms with Crippen molar-refractivity contribution in [2.75, 3.05) is 13.2 Å². The lowest BCUT2D eigenvalue weighted by Crippen LogP contribution is -2.48. The van der Waals surface area contributed by atoms with Crippen LogP contribution in [-0.2, 0) is 4.74 Å². The molecule has 2 atom stereocenters. The van der Waals surface area contributed by atoms with Crippen molar-refractivity contribution >= 4 is 16.8 Å². The normalized spacial score (nSPS) is 22.6. The third-order valence-corrected chi connectivity index (χ3v) is 3.52. The van der Waals surface area contributed by atoms with E-state index in [-0.39, 0.29) is 18.6 Å². The van der Waals surface area contributed by atoms with Crippen LogP contribution in [0.2, 0.25) is 0 Å². The first-order valence-corrected chi connectivity index (χ1v) is 6.66. The van der Waals surface area contributed by atoms with Gasteiger partial charge >= 0.3 is 0 Å². The Labute approximate surface area is 116 Å². The van der Waals surface area contributed by atoms with Gasteiger partial charge in [-0.05, 0) is 18.6 Å². The SMILES string of the molecule is O=C(N[C@@H]1CCOC[C@H]1O)c1cccc2cccnc12. The lowest BCUT2D eigenvalue weighted by atomic mass is 10.0. The molecule has 1 saturated heterocycles. The molecule has 1 amide bonds. The summed E-state index contributed by atoms with van der Waals surface area (Å²) >= 11 is 0. The minimum absolute atomic E-state index is 0.208. The van der Waals surface area contributed by atoms with Crippen molar-refractivity contribution < 1.29 is 14.6 Å². The first kappa shape index (κ1) is 13.0. The monoisotopic (exact) mass is 272 g/mol. The summed E-state index contributed by atoms with van der Waals surface area (Å²) in [4.78, 5) is 16.6. The van der Waals surface area contributed by atoms with Crippen LogP contribution in [0.15, 0.2) is 36.5 Å². The maximum absolute atomic E-state index is 12.4.